The molecule has 0 aliphatic carbocycles. The maximum absolute atomic E-state index is 13.5. The summed E-state index contributed by atoms with van der Waals surface area (Å²) in [6.07, 6.45) is -1.59. The third-order valence-electron chi connectivity index (χ3n) is 5.37. The molecule has 28 heavy (non-hydrogen) atoms. The van der Waals surface area contributed by atoms with Gasteiger partial charge in [-0.05, 0) is 42.1 Å². The van der Waals surface area contributed by atoms with Gasteiger partial charge in [0.15, 0.2) is 10.2 Å². The van der Waals surface area contributed by atoms with Gasteiger partial charge in [0.05, 0.1) is 24.2 Å². The Hall–Kier alpha value is -2.21. The van der Waals surface area contributed by atoms with Crippen molar-refractivity contribution >= 4 is 46.5 Å². The van der Waals surface area contributed by atoms with Crippen molar-refractivity contribution in [1.82, 2.24) is 20.4 Å². The lowest BCUT2D eigenvalue weighted by Crippen LogP contribution is -2.68. The molecule has 0 bridgehead atoms. The zero-order valence-corrected chi connectivity index (χ0v) is 16.9. The smallest absolute Gasteiger partial charge is 0.233 e. The lowest BCUT2D eigenvalue weighted by molar-refractivity contribution is -0.133. The number of benzene rings is 1. The van der Waals surface area contributed by atoms with Gasteiger partial charge in [-0.1, -0.05) is 12.1 Å². The van der Waals surface area contributed by atoms with E-state index in [1.165, 1.54) is 24.3 Å². The first-order valence-corrected chi connectivity index (χ1v) is 9.37. The quantitative estimate of drug-likeness (QED) is 0.476. The first kappa shape index (κ1) is 20.5. The molecule has 4 atom stereocenters. The molecule has 2 amide bonds. The Kier molecular flexibility index (Phi) is 5.62. The summed E-state index contributed by atoms with van der Waals surface area (Å²) >= 11 is 10.3. The Morgan fingerprint density at radius 3 is 1.71 bits per heavy atom. The van der Waals surface area contributed by atoms with Crippen LogP contribution in [0.25, 0.3) is 0 Å². The zero-order valence-electron chi connectivity index (χ0n) is 15.3. The number of nitrogens with two attached hydrogens (primary N) is 2. The average molecular weight is 425 g/mol. The SMILES string of the molecule is CN1C(=S)NC(=O)C(C(c2ccc(F)cc2)C2C(=O)NC(=S)N(C)C2N)C1N. The molecule has 2 aliphatic heterocycles. The molecule has 3 rings (SSSR count). The van der Waals surface area contributed by atoms with E-state index < -0.39 is 47.7 Å². The van der Waals surface area contributed by atoms with Gasteiger partial charge in [0.1, 0.15) is 5.82 Å². The van der Waals surface area contributed by atoms with E-state index in [9.17, 15) is 14.0 Å². The van der Waals surface area contributed by atoms with E-state index in [0.29, 0.717) is 5.56 Å². The van der Waals surface area contributed by atoms with Gasteiger partial charge in [0, 0.05) is 20.0 Å². The minimum Gasteiger partial charge on any atom is -0.336 e. The number of rotatable bonds is 3. The summed E-state index contributed by atoms with van der Waals surface area (Å²) in [5.74, 6) is -3.72. The predicted octanol–water partition coefficient (Wildman–Crippen LogP) is -0.596. The normalized spacial score (nSPS) is 29.5. The number of hydrogen-bond acceptors (Lipinski definition) is 6. The van der Waals surface area contributed by atoms with Crippen molar-refractivity contribution in [1.29, 1.82) is 0 Å². The molecule has 8 nitrogen and oxygen atoms in total. The van der Waals surface area contributed by atoms with Crippen LogP contribution in [-0.4, -0.2) is 58.3 Å². The van der Waals surface area contributed by atoms with E-state index >= 15 is 0 Å². The molecule has 11 heteroatoms. The first-order valence-electron chi connectivity index (χ1n) is 8.55. The second kappa shape index (κ2) is 7.66. The molecule has 0 aromatic heterocycles. The largest absolute Gasteiger partial charge is 0.336 e. The van der Waals surface area contributed by atoms with Gasteiger partial charge < -0.3 is 31.9 Å². The molecule has 2 aliphatic rings. The number of carbonyl (C=O) groups is 2. The standard InChI is InChI=1S/C17H21FN6O2S2/c1-23-12(19)10(14(25)21-16(23)27)9(7-3-5-8(18)6-4-7)11-13(20)24(2)17(28)22-15(11)26/h3-6,9-13H,19-20H2,1-2H3,(H,21,25,27)(H,22,26,28). The van der Waals surface area contributed by atoms with E-state index in [1.54, 1.807) is 23.9 Å². The van der Waals surface area contributed by atoms with Crippen molar-refractivity contribution in [3.63, 3.8) is 0 Å². The van der Waals surface area contributed by atoms with Crippen molar-refractivity contribution in [3.05, 3.63) is 35.6 Å². The second-order valence-electron chi connectivity index (χ2n) is 6.92. The summed E-state index contributed by atoms with van der Waals surface area (Å²) in [6.45, 7) is 0. The fourth-order valence-corrected chi connectivity index (χ4v) is 4.14. The van der Waals surface area contributed by atoms with Crippen LogP contribution in [0.15, 0.2) is 24.3 Å². The number of nitrogens with zero attached hydrogens (tertiary/aromatic N) is 2. The van der Waals surface area contributed by atoms with Crippen LogP contribution >= 0.6 is 24.4 Å². The van der Waals surface area contributed by atoms with Crippen molar-refractivity contribution in [2.24, 2.45) is 23.3 Å². The Morgan fingerprint density at radius 1 is 0.929 bits per heavy atom. The van der Waals surface area contributed by atoms with Crippen LogP contribution in [0.4, 0.5) is 4.39 Å². The van der Waals surface area contributed by atoms with Gasteiger partial charge >= 0.3 is 0 Å². The number of halogens is 1. The van der Waals surface area contributed by atoms with E-state index in [4.69, 9.17) is 35.9 Å². The Bertz CT molecular complexity index is 789. The number of carbonyl (C=O) groups excluding carboxylic acids is 2. The third-order valence-corrected chi connectivity index (χ3v) is 6.15. The van der Waals surface area contributed by atoms with Gasteiger partial charge in [-0.25, -0.2) is 4.39 Å². The summed E-state index contributed by atoms with van der Waals surface area (Å²) < 4.78 is 13.5. The van der Waals surface area contributed by atoms with Crippen molar-refractivity contribution < 1.29 is 14.0 Å². The Morgan fingerprint density at radius 2 is 1.32 bits per heavy atom. The first-order chi connectivity index (χ1) is 13.1. The van der Waals surface area contributed by atoms with Gasteiger partial charge in [0.25, 0.3) is 0 Å². The number of nitrogens with one attached hydrogen (secondary N) is 2. The highest BCUT2D eigenvalue weighted by Crippen LogP contribution is 2.39. The fraction of sp³-hybridized carbons (Fsp3) is 0.412. The highest BCUT2D eigenvalue weighted by Gasteiger charge is 2.50. The molecule has 1 aromatic carbocycles. The summed E-state index contributed by atoms with van der Waals surface area (Å²) in [7, 11) is 3.31. The van der Waals surface area contributed by atoms with E-state index in [0.717, 1.165) is 0 Å². The van der Waals surface area contributed by atoms with E-state index in [2.05, 4.69) is 10.6 Å². The van der Waals surface area contributed by atoms with Crippen LogP contribution in [0.2, 0.25) is 0 Å². The molecule has 2 heterocycles. The van der Waals surface area contributed by atoms with Crippen LogP contribution < -0.4 is 22.1 Å². The molecule has 1 aromatic rings. The van der Waals surface area contributed by atoms with Gasteiger partial charge in [-0.3, -0.25) is 9.59 Å². The second-order valence-corrected chi connectivity index (χ2v) is 7.69. The Balaban J connectivity index is 2.11. The fourth-order valence-electron chi connectivity index (χ4n) is 3.69. The minimum absolute atomic E-state index is 0.197. The van der Waals surface area contributed by atoms with E-state index in [1.807, 2.05) is 0 Å². The van der Waals surface area contributed by atoms with Crippen molar-refractivity contribution in [3.8, 4) is 0 Å². The van der Waals surface area contributed by atoms with Gasteiger partial charge in [-0.15, -0.1) is 0 Å². The molecule has 0 radical (unpaired) electrons. The number of amides is 2. The van der Waals surface area contributed by atoms with Crippen LogP contribution in [0, 0.1) is 17.7 Å². The molecule has 0 saturated carbocycles. The topological polar surface area (TPSA) is 117 Å². The average Bonchev–Trinajstić information content (AvgIpc) is 2.64. The predicted molar refractivity (Wildman–Crippen MR) is 109 cm³/mol. The third kappa shape index (κ3) is 3.46. The van der Waals surface area contributed by atoms with E-state index in [-0.39, 0.29) is 10.2 Å². The van der Waals surface area contributed by atoms with Crippen LogP contribution in [0.3, 0.4) is 0 Å². The van der Waals surface area contributed by atoms with Crippen molar-refractivity contribution in [2.75, 3.05) is 14.1 Å². The molecule has 150 valence electrons. The molecule has 0 spiro atoms. The monoisotopic (exact) mass is 424 g/mol. The number of thiocarbonyl (C=S) groups is 2. The maximum atomic E-state index is 13.5. The lowest BCUT2D eigenvalue weighted by atomic mass is 9.72. The highest BCUT2D eigenvalue weighted by atomic mass is 32.1. The van der Waals surface area contributed by atoms with Crippen molar-refractivity contribution in [2.45, 2.75) is 18.2 Å². The summed E-state index contributed by atoms with van der Waals surface area (Å²) in [5, 5.41) is 5.62. The van der Waals surface area contributed by atoms with Gasteiger partial charge in [0.2, 0.25) is 11.8 Å². The Labute approximate surface area is 172 Å². The zero-order chi connectivity index (χ0) is 20.7. The molecular weight excluding hydrogens is 403 g/mol. The number of hydrogen-bond donors (Lipinski definition) is 4. The summed E-state index contributed by atoms with van der Waals surface area (Å²) in [4.78, 5) is 28.8. The van der Waals surface area contributed by atoms with Crippen LogP contribution in [0.5, 0.6) is 0 Å². The molecule has 6 N–H and O–H groups in total. The molecular formula is C17H21FN6O2S2. The molecule has 2 fully saturated rings. The lowest BCUT2D eigenvalue weighted by Gasteiger charge is -2.47. The maximum Gasteiger partial charge on any atom is 0.233 e. The van der Waals surface area contributed by atoms with Gasteiger partial charge in [-0.2, -0.15) is 0 Å². The highest BCUT2D eigenvalue weighted by molar-refractivity contribution is 7.80. The molecule has 2 saturated heterocycles. The van der Waals surface area contributed by atoms with Crippen LogP contribution in [-0.2, 0) is 9.59 Å². The minimum atomic E-state index is -0.857. The summed E-state index contributed by atoms with van der Waals surface area (Å²) in [6, 6.07) is 5.59. The van der Waals surface area contributed by atoms with Crippen LogP contribution in [0.1, 0.15) is 11.5 Å². The summed E-state index contributed by atoms with van der Waals surface area (Å²) in [5.41, 5.74) is 13.2. The molecule has 4 unspecified atom stereocenters.